The molecule has 0 aromatic heterocycles. The van der Waals surface area contributed by atoms with Gasteiger partial charge < -0.3 is 25.5 Å². The maximum atomic E-state index is 12.3. The van der Waals surface area contributed by atoms with Crippen LogP contribution < -0.4 is 0 Å². The summed E-state index contributed by atoms with van der Waals surface area (Å²) in [6.07, 6.45) is 2.51. The summed E-state index contributed by atoms with van der Waals surface area (Å²) in [7, 11) is 0. The van der Waals surface area contributed by atoms with Gasteiger partial charge in [-0.3, -0.25) is 4.79 Å². The van der Waals surface area contributed by atoms with Crippen LogP contribution in [0.1, 0.15) is 31.8 Å². The quantitative estimate of drug-likeness (QED) is 0.217. The Balaban J connectivity index is 2.51. The highest BCUT2D eigenvalue weighted by atomic mass is 127. The number of hydrogen-bond donors (Lipinski definition) is 5. The minimum atomic E-state index is -1.47. The summed E-state index contributed by atoms with van der Waals surface area (Å²) in [6, 6.07) is 5.20. The molecule has 0 saturated carbocycles. The first-order valence-corrected chi connectivity index (χ1v) is 12.2. The van der Waals surface area contributed by atoms with Crippen LogP contribution in [-0.4, -0.2) is 49.2 Å². The number of rotatable bonds is 5. The summed E-state index contributed by atoms with van der Waals surface area (Å²) in [6.45, 7) is 0. The van der Waals surface area contributed by atoms with Crippen LogP contribution in [0.15, 0.2) is 51.1 Å². The number of aromatic hydroxyl groups is 2. The van der Waals surface area contributed by atoms with E-state index >= 15 is 0 Å². The van der Waals surface area contributed by atoms with Gasteiger partial charge in [0, 0.05) is 0 Å². The van der Waals surface area contributed by atoms with Gasteiger partial charge in [-0.2, -0.15) is 0 Å². The Morgan fingerprint density at radius 1 is 0.676 bits per heavy atom. The highest BCUT2D eigenvalue weighted by Crippen LogP contribution is 2.39. The van der Waals surface area contributed by atoms with E-state index in [-0.39, 0.29) is 33.0 Å². The number of Topliss-reactive ketones (excluding diaryl/α,β-unsaturated/α-hetero) is 1. The summed E-state index contributed by atoms with van der Waals surface area (Å²) in [5, 5.41) is 48.9. The molecule has 0 saturated heterocycles. The number of halogens is 3. The van der Waals surface area contributed by atoms with Gasteiger partial charge >= 0.3 is 17.9 Å². The smallest absolute Gasteiger partial charge is 0.339 e. The van der Waals surface area contributed by atoms with E-state index in [1.165, 1.54) is 18.2 Å². The predicted molar refractivity (Wildman–Crippen MR) is 144 cm³/mol. The summed E-state index contributed by atoms with van der Waals surface area (Å²) in [5.74, 6) is -5.97. The molecule has 0 spiro atoms. The molecule has 0 atom stereocenters. The molecule has 0 aliphatic heterocycles. The number of carboxylic acid groups (broad SMARTS) is 3. The topological polar surface area (TPSA) is 169 Å². The molecule has 5 N–H and O–H groups in total. The van der Waals surface area contributed by atoms with Gasteiger partial charge in [-0.25, -0.2) is 14.4 Å². The zero-order valence-corrected chi connectivity index (χ0v) is 22.9. The van der Waals surface area contributed by atoms with Crippen molar-refractivity contribution in [3.8, 4) is 11.5 Å². The fourth-order valence-electron chi connectivity index (χ4n) is 3.21. The second kappa shape index (κ2) is 10.0. The minimum absolute atomic E-state index is 0.0730. The first-order valence-electron chi connectivity index (χ1n) is 8.97. The third-order valence-corrected chi connectivity index (χ3v) is 7.17. The van der Waals surface area contributed by atoms with Gasteiger partial charge in [0.05, 0.1) is 10.7 Å². The van der Waals surface area contributed by atoms with E-state index in [1.54, 1.807) is 67.8 Å². The zero-order valence-electron chi connectivity index (χ0n) is 16.5. The van der Waals surface area contributed by atoms with Gasteiger partial charge in [0.25, 0.3) is 0 Å². The van der Waals surface area contributed by atoms with E-state index in [9.17, 15) is 44.7 Å². The van der Waals surface area contributed by atoms with Gasteiger partial charge in [0.1, 0.15) is 28.2 Å². The number of ketones is 1. The van der Waals surface area contributed by atoms with Crippen LogP contribution in [0.25, 0.3) is 5.57 Å². The average Bonchev–Trinajstić information content (AvgIpc) is 2.74. The number of hydrogen-bond acceptors (Lipinski definition) is 6. The molecule has 0 amide bonds. The normalized spacial score (nSPS) is 13.3. The van der Waals surface area contributed by atoms with E-state index in [4.69, 9.17) is 0 Å². The molecular weight excluding hydrogens is 789 g/mol. The molecule has 0 fully saturated rings. The fourth-order valence-corrected chi connectivity index (χ4v) is 5.09. The van der Waals surface area contributed by atoms with E-state index in [1.807, 2.05) is 0 Å². The Morgan fingerprint density at radius 2 is 1.12 bits per heavy atom. The molecule has 3 rings (SSSR count). The van der Waals surface area contributed by atoms with Gasteiger partial charge in [-0.05, 0) is 126 Å². The minimum Gasteiger partial charge on any atom is -0.506 e. The third-order valence-electron chi connectivity index (χ3n) is 4.73. The van der Waals surface area contributed by atoms with Gasteiger partial charge in [-0.15, -0.1) is 0 Å². The Hall–Kier alpha value is -2.47. The maximum Gasteiger partial charge on any atom is 0.339 e. The second-order valence-corrected chi connectivity index (χ2v) is 10.3. The highest BCUT2D eigenvalue weighted by Gasteiger charge is 2.27. The van der Waals surface area contributed by atoms with Crippen molar-refractivity contribution in [2.24, 2.45) is 0 Å². The van der Waals surface area contributed by atoms with E-state index in [2.05, 4.69) is 0 Å². The van der Waals surface area contributed by atoms with Crippen LogP contribution in [0.3, 0.4) is 0 Å². The standard InChI is InChI=1S/C22H11I3O9/c23-13-4-7(1-10(17(13)26)20(29)30)16(8-2-11(21(31)32)18(27)14(24)5-8)9-3-12(22(33)34)19(28)15(25)6-9/h1-6,26-27H,(H,29,30)(H,31,32)(H,33,34). The number of phenols is 2. The lowest BCUT2D eigenvalue weighted by Crippen LogP contribution is -2.16. The number of aromatic carboxylic acids is 2. The van der Waals surface area contributed by atoms with Crippen molar-refractivity contribution >= 4 is 97.0 Å². The van der Waals surface area contributed by atoms with Crippen molar-refractivity contribution in [2.45, 2.75) is 0 Å². The molecule has 9 nitrogen and oxygen atoms in total. The van der Waals surface area contributed by atoms with Crippen molar-refractivity contribution in [2.75, 3.05) is 0 Å². The third kappa shape index (κ3) is 4.97. The zero-order chi connectivity index (χ0) is 25.5. The van der Waals surface area contributed by atoms with Crippen molar-refractivity contribution < 1.29 is 44.7 Å². The molecule has 174 valence electrons. The van der Waals surface area contributed by atoms with Gasteiger partial charge in [-0.1, -0.05) is 0 Å². The molecule has 12 heteroatoms. The predicted octanol–water partition coefficient (Wildman–Crippen LogP) is 4.42. The summed E-state index contributed by atoms with van der Waals surface area (Å²) >= 11 is 5.14. The number of carboxylic acids is 3. The molecule has 0 bridgehead atoms. The highest BCUT2D eigenvalue weighted by molar-refractivity contribution is 14.1. The van der Waals surface area contributed by atoms with Crippen LogP contribution in [0.5, 0.6) is 11.5 Å². The van der Waals surface area contributed by atoms with Crippen LogP contribution in [-0.2, 0) is 9.59 Å². The number of benzene rings is 2. The second-order valence-electron chi connectivity index (χ2n) is 6.83. The average molecular weight is 800 g/mol. The van der Waals surface area contributed by atoms with Crippen molar-refractivity contribution in [3.63, 3.8) is 0 Å². The molecule has 0 radical (unpaired) electrons. The Labute approximate surface area is 231 Å². The van der Waals surface area contributed by atoms with Crippen LogP contribution in [0.4, 0.5) is 0 Å². The van der Waals surface area contributed by atoms with Crippen molar-refractivity contribution in [1.82, 2.24) is 0 Å². The lowest BCUT2D eigenvalue weighted by Gasteiger charge is -2.18. The molecule has 2 aromatic rings. The van der Waals surface area contributed by atoms with Crippen LogP contribution in [0.2, 0.25) is 0 Å². The number of carbonyl (C=O) groups excluding carboxylic acids is 1. The number of aliphatic carboxylic acids is 1. The van der Waals surface area contributed by atoms with Crippen LogP contribution >= 0.6 is 67.8 Å². The van der Waals surface area contributed by atoms with Gasteiger partial charge in [0.2, 0.25) is 5.78 Å². The van der Waals surface area contributed by atoms with E-state index < -0.39 is 51.9 Å². The van der Waals surface area contributed by atoms with E-state index in [0.29, 0.717) is 0 Å². The SMILES string of the molecule is O=C(O)C1=CC(=C(c2cc(I)c(O)c(C(=O)O)c2)c2cc(I)c(O)c(C(=O)O)c2)C=C(I)C1=O. The summed E-state index contributed by atoms with van der Waals surface area (Å²) < 4.78 is 0.417. The fraction of sp³-hybridized carbons (Fsp3) is 0. The lowest BCUT2D eigenvalue weighted by atomic mass is 9.87. The Kier molecular flexibility index (Phi) is 7.71. The molecular formula is C22H11I3O9. The largest absolute Gasteiger partial charge is 0.506 e. The number of allylic oxidation sites excluding steroid dienone is 4. The molecule has 0 unspecified atom stereocenters. The van der Waals surface area contributed by atoms with Crippen molar-refractivity contribution in [1.29, 1.82) is 0 Å². The first-order chi connectivity index (χ1) is 15.8. The molecule has 34 heavy (non-hydrogen) atoms. The lowest BCUT2D eigenvalue weighted by molar-refractivity contribution is -0.134. The summed E-state index contributed by atoms with van der Waals surface area (Å²) in [4.78, 5) is 47.4. The Bertz CT molecular complexity index is 1330. The van der Waals surface area contributed by atoms with Crippen LogP contribution in [0, 0.1) is 7.14 Å². The first kappa shape index (κ1) is 26.1. The Morgan fingerprint density at radius 3 is 1.50 bits per heavy atom. The molecule has 2 aromatic carbocycles. The number of carbonyl (C=O) groups is 4. The molecule has 0 heterocycles. The molecule has 1 aliphatic carbocycles. The monoisotopic (exact) mass is 800 g/mol. The molecule has 1 aliphatic rings. The van der Waals surface area contributed by atoms with E-state index in [0.717, 1.165) is 18.2 Å². The maximum absolute atomic E-state index is 12.3. The summed E-state index contributed by atoms with van der Waals surface area (Å²) in [5.41, 5.74) is -0.581. The van der Waals surface area contributed by atoms with Crippen molar-refractivity contribution in [3.05, 3.63) is 80.5 Å². The van der Waals surface area contributed by atoms with Gasteiger partial charge in [0.15, 0.2) is 0 Å².